The van der Waals surface area contributed by atoms with Crippen LogP contribution >= 0.6 is 31.9 Å². The van der Waals surface area contributed by atoms with Gasteiger partial charge in [0.1, 0.15) is 5.82 Å². The highest BCUT2D eigenvalue weighted by molar-refractivity contribution is 9.11. The third-order valence-electron chi connectivity index (χ3n) is 2.91. The molecule has 3 rings (SSSR count). The molecular formula is C12H11Br2N3O2. The molecule has 5 nitrogen and oxygen atoms in total. The molecule has 0 fully saturated rings. The number of aromatic nitrogens is 2. The van der Waals surface area contributed by atoms with Crippen LogP contribution in [0.5, 0.6) is 11.5 Å². The van der Waals surface area contributed by atoms with E-state index >= 15 is 0 Å². The Hall–Kier alpha value is -1.21. The monoisotopic (exact) mass is 387 g/mol. The molecule has 1 aromatic carbocycles. The summed E-state index contributed by atoms with van der Waals surface area (Å²) >= 11 is 6.89. The highest BCUT2D eigenvalue weighted by Gasteiger charge is 2.19. The van der Waals surface area contributed by atoms with Crippen molar-refractivity contribution < 1.29 is 9.47 Å². The molecule has 1 aromatic heterocycles. The van der Waals surface area contributed by atoms with Gasteiger partial charge in [0, 0.05) is 0 Å². The predicted molar refractivity (Wildman–Crippen MR) is 78.4 cm³/mol. The van der Waals surface area contributed by atoms with Crippen molar-refractivity contribution in [2.75, 3.05) is 12.5 Å². The Balaban J connectivity index is 1.95. The SMILES string of the molecule is Cc1nn(Cc2cc(Br)c3c(c2)OCO3)c(N)c1Br. The van der Waals surface area contributed by atoms with Crippen LogP contribution in [-0.2, 0) is 6.54 Å². The Morgan fingerprint density at radius 1 is 1.37 bits per heavy atom. The van der Waals surface area contributed by atoms with Gasteiger partial charge in [0.05, 0.1) is 21.2 Å². The average molecular weight is 389 g/mol. The summed E-state index contributed by atoms with van der Waals surface area (Å²) in [6, 6.07) is 3.93. The number of anilines is 1. The summed E-state index contributed by atoms with van der Waals surface area (Å²) < 4.78 is 14.2. The molecule has 0 unspecified atom stereocenters. The van der Waals surface area contributed by atoms with Crippen molar-refractivity contribution in [3.63, 3.8) is 0 Å². The van der Waals surface area contributed by atoms with E-state index < -0.39 is 0 Å². The Labute approximate surface area is 126 Å². The quantitative estimate of drug-likeness (QED) is 0.858. The van der Waals surface area contributed by atoms with Gasteiger partial charge in [-0.05, 0) is 56.5 Å². The van der Waals surface area contributed by atoms with E-state index in [2.05, 4.69) is 37.0 Å². The fraction of sp³-hybridized carbons (Fsp3) is 0.250. The summed E-state index contributed by atoms with van der Waals surface area (Å²) in [6.45, 7) is 2.74. The normalized spacial score (nSPS) is 13.0. The van der Waals surface area contributed by atoms with Crippen molar-refractivity contribution in [2.45, 2.75) is 13.5 Å². The van der Waals surface area contributed by atoms with Gasteiger partial charge in [0.25, 0.3) is 0 Å². The van der Waals surface area contributed by atoms with E-state index in [0.717, 1.165) is 31.7 Å². The number of aryl methyl sites for hydroxylation is 1. The third-order valence-corrected chi connectivity index (χ3v) is 4.48. The molecular weight excluding hydrogens is 378 g/mol. The van der Waals surface area contributed by atoms with Gasteiger partial charge < -0.3 is 15.2 Å². The van der Waals surface area contributed by atoms with E-state index in [1.54, 1.807) is 4.68 Å². The Bertz CT molecular complexity index is 655. The number of nitrogens with two attached hydrogens (primary N) is 1. The van der Waals surface area contributed by atoms with E-state index in [0.29, 0.717) is 12.4 Å². The third kappa shape index (κ3) is 2.21. The molecule has 0 radical (unpaired) electrons. The molecule has 7 heteroatoms. The lowest BCUT2D eigenvalue weighted by Gasteiger charge is -2.07. The first-order chi connectivity index (χ1) is 9.06. The van der Waals surface area contributed by atoms with Crippen molar-refractivity contribution in [3.8, 4) is 11.5 Å². The van der Waals surface area contributed by atoms with Gasteiger partial charge in [-0.15, -0.1) is 0 Å². The van der Waals surface area contributed by atoms with Crippen LogP contribution in [-0.4, -0.2) is 16.6 Å². The smallest absolute Gasteiger partial charge is 0.231 e. The number of halogens is 2. The Morgan fingerprint density at radius 3 is 2.84 bits per heavy atom. The number of benzene rings is 1. The summed E-state index contributed by atoms with van der Waals surface area (Å²) in [6.07, 6.45) is 0. The number of ether oxygens (including phenoxy) is 2. The van der Waals surface area contributed by atoms with Crippen LogP contribution in [0, 0.1) is 6.92 Å². The number of hydrogen-bond donors (Lipinski definition) is 1. The number of hydrogen-bond acceptors (Lipinski definition) is 4. The fourth-order valence-electron chi connectivity index (χ4n) is 1.98. The predicted octanol–water partition coefficient (Wildman–Crippen LogP) is 3.08. The zero-order valence-electron chi connectivity index (χ0n) is 10.1. The molecule has 100 valence electrons. The molecule has 0 amide bonds. The van der Waals surface area contributed by atoms with E-state index in [9.17, 15) is 0 Å². The van der Waals surface area contributed by atoms with Gasteiger partial charge >= 0.3 is 0 Å². The lowest BCUT2D eigenvalue weighted by atomic mass is 10.2. The second-order valence-electron chi connectivity index (χ2n) is 4.25. The second-order valence-corrected chi connectivity index (χ2v) is 5.90. The summed E-state index contributed by atoms with van der Waals surface area (Å²) in [4.78, 5) is 0. The van der Waals surface area contributed by atoms with Crippen LogP contribution in [0.2, 0.25) is 0 Å². The summed E-state index contributed by atoms with van der Waals surface area (Å²) in [5, 5.41) is 4.39. The van der Waals surface area contributed by atoms with Crippen LogP contribution in [0.15, 0.2) is 21.1 Å². The zero-order chi connectivity index (χ0) is 13.6. The van der Waals surface area contributed by atoms with E-state index in [1.165, 1.54) is 0 Å². The Morgan fingerprint density at radius 2 is 2.16 bits per heavy atom. The number of nitrogens with zero attached hydrogens (tertiary/aromatic N) is 2. The standard InChI is InChI=1S/C12H11Br2N3O2/c1-6-10(14)12(15)17(16-6)4-7-2-8(13)11-9(3-7)18-5-19-11/h2-3H,4-5,15H2,1H3. The molecule has 0 spiro atoms. The first-order valence-corrected chi connectivity index (χ1v) is 7.21. The first kappa shape index (κ1) is 12.8. The zero-order valence-corrected chi connectivity index (χ0v) is 13.3. The molecule has 2 aromatic rings. The van der Waals surface area contributed by atoms with Crippen molar-refractivity contribution in [1.82, 2.24) is 9.78 Å². The molecule has 0 saturated carbocycles. The van der Waals surface area contributed by atoms with Crippen LogP contribution < -0.4 is 15.2 Å². The van der Waals surface area contributed by atoms with Gasteiger partial charge in [0.2, 0.25) is 6.79 Å². The molecule has 2 heterocycles. The molecule has 1 aliphatic rings. The van der Waals surface area contributed by atoms with E-state index in [-0.39, 0.29) is 6.79 Å². The maximum absolute atomic E-state index is 5.99. The van der Waals surface area contributed by atoms with Crippen LogP contribution in [0.4, 0.5) is 5.82 Å². The highest BCUT2D eigenvalue weighted by atomic mass is 79.9. The van der Waals surface area contributed by atoms with E-state index in [4.69, 9.17) is 15.2 Å². The van der Waals surface area contributed by atoms with Gasteiger partial charge in [-0.1, -0.05) is 0 Å². The minimum atomic E-state index is 0.256. The van der Waals surface area contributed by atoms with Crippen LogP contribution in [0.25, 0.3) is 0 Å². The number of nitrogen functional groups attached to an aromatic ring is 1. The fourth-order valence-corrected chi connectivity index (χ4v) is 2.87. The van der Waals surface area contributed by atoms with Crippen molar-refractivity contribution in [2.24, 2.45) is 0 Å². The molecule has 1 aliphatic heterocycles. The maximum Gasteiger partial charge on any atom is 0.231 e. The first-order valence-electron chi connectivity index (χ1n) is 5.62. The van der Waals surface area contributed by atoms with E-state index in [1.807, 2.05) is 19.1 Å². The van der Waals surface area contributed by atoms with Crippen molar-refractivity contribution in [3.05, 3.63) is 32.3 Å². The number of rotatable bonds is 2. The summed E-state index contributed by atoms with van der Waals surface area (Å²) in [7, 11) is 0. The molecule has 0 aliphatic carbocycles. The highest BCUT2D eigenvalue weighted by Crippen LogP contribution is 2.40. The number of fused-ring (bicyclic) bond motifs is 1. The topological polar surface area (TPSA) is 62.3 Å². The molecule has 2 N–H and O–H groups in total. The lowest BCUT2D eigenvalue weighted by molar-refractivity contribution is 0.173. The molecule has 0 saturated heterocycles. The molecule has 0 bridgehead atoms. The molecule has 19 heavy (non-hydrogen) atoms. The minimum Gasteiger partial charge on any atom is -0.454 e. The van der Waals surface area contributed by atoms with Crippen molar-refractivity contribution in [1.29, 1.82) is 0 Å². The molecule has 0 atom stereocenters. The van der Waals surface area contributed by atoms with Gasteiger partial charge in [0.15, 0.2) is 11.5 Å². The Kier molecular flexibility index (Phi) is 3.18. The largest absolute Gasteiger partial charge is 0.454 e. The van der Waals surface area contributed by atoms with Gasteiger partial charge in [-0.25, -0.2) is 4.68 Å². The van der Waals surface area contributed by atoms with Crippen molar-refractivity contribution >= 4 is 37.7 Å². The summed E-state index contributed by atoms with van der Waals surface area (Å²) in [5.41, 5.74) is 7.90. The minimum absolute atomic E-state index is 0.256. The maximum atomic E-state index is 5.99. The average Bonchev–Trinajstić information content (AvgIpc) is 2.92. The van der Waals surface area contributed by atoms with Crippen LogP contribution in [0.3, 0.4) is 0 Å². The second kappa shape index (κ2) is 4.72. The van der Waals surface area contributed by atoms with Gasteiger partial charge in [-0.2, -0.15) is 5.10 Å². The summed E-state index contributed by atoms with van der Waals surface area (Å²) in [5.74, 6) is 2.10. The van der Waals surface area contributed by atoms with Crippen LogP contribution in [0.1, 0.15) is 11.3 Å². The van der Waals surface area contributed by atoms with Gasteiger partial charge in [-0.3, -0.25) is 0 Å². The lowest BCUT2D eigenvalue weighted by Crippen LogP contribution is -2.06.